The first-order valence-electron chi connectivity index (χ1n) is 16.2. The summed E-state index contributed by atoms with van der Waals surface area (Å²) in [6.45, 7) is 0. The van der Waals surface area contributed by atoms with Crippen LogP contribution in [0.4, 0.5) is 11.4 Å². The molecule has 2 heterocycles. The zero-order valence-electron chi connectivity index (χ0n) is 27.3. The van der Waals surface area contributed by atoms with Crippen LogP contribution in [0, 0.1) is 0 Å². The van der Waals surface area contributed by atoms with Crippen molar-refractivity contribution >= 4 is 46.9 Å². The van der Waals surface area contributed by atoms with Crippen molar-refractivity contribution in [2.75, 3.05) is 9.80 Å². The average molecular weight is 701 g/mol. The third-order valence-electron chi connectivity index (χ3n) is 9.10. The summed E-state index contributed by atoms with van der Waals surface area (Å²) >= 11 is 0. The van der Waals surface area contributed by atoms with E-state index in [1.165, 1.54) is 36.4 Å². The molecule has 0 spiro atoms. The van der Waals surface area contributed by atoms with Gasteiger partial charge < -0.3 is 14.9 Å². The number of carbonyl (C=O) groups is 6. The molecule has 11 heteroatoms. The first-order valence-corrected chi connectivity index (χ1v) is 16.2. The summed E-state index contributed by atoms with van der Waals surface area (Å²) in [5.74, 6) is -4.23. The highest BCUT2D eigenvalue weighted by Crippen LogP contribution is 2.43. The lowest BCUT2D eigenvalue weighted by Crippen LogP contribution is -2.29. The van der Waals surface area contributed by atoms with E-state index in [1.807, 2.05) is 60.7 Å². The van der Waals surface area contributed by atoms with E-state index in [4.69, 9.17) is 4.74 Å². The Morgan fingerprint density at radius 2 is 0.792 bits per heavy atom. The molecule has 11 nitrogen and oxygen atoms in total. The normalized spacial score (nSPS) is 13.3. The number of anilines is 2. The van der Waals surface area contributed by atoms with Gasteiger partial charge in [0.15, 0.2) is 0 Å². The molecule has 2 N–H and O–H groups in total. The number of carbonyl (C=O) groups excluding carboxylic acids is 4. The molecule has 53 heavy (non-hydrogen) atoms. The number of nitrogens with zero attached hydrogens (tertiary/aromatic N) is 2. The number of hydrogen-bond donors (Lipinski definition) is 2. The Balaban J connectivity index is 1.20. The number of rotatable bonds is 8. The van der Waals surface area contributed by atoms with Crippen LogP contribution < -0.4 is 14.5 Å². The van der Waals surface area contributed by atoms with Crippen molar-refractivity contribution < 1.29 is 43.7 Å². The van der Waals surface area contributed by atoms with Crippen LogP contribution in [-0.2, 0) is 0 Å². The third kappa shape index (κ3) is 5.49. The number of imide groups is 2. The van der Waals surface area contributed by atoms with Gasteiger partial charge in [-0.25, -0.2) is 19.4 Å². The van der Waals surface area contributed by atoms with Gasteiger partial charge in [-0.1, -0.05) is 60.7 Å². The monoisotopic (exact) mass is 700 g/mol. The summed E-state index contributed by atoms with van der Waals surface area (Å²) in [6, 6.07) is 35.6. The van der Waals surface area contributed by atoms with Crippen molar-refractivity contribution in [3.8, 4) is 33.8 Å². The van der Waals surface area contributed by atoms with Gasteiger partial charge in [0.2, 0.25) is 0 Å². The minimum Gasteiger partial charge on any atom is -0.478 e. The van der Waals surface area contributed by atoms with E-state index in [0.29, 0.717) is 33.8 Å². The molecule has 0 saturated carbocycles. The number of aromatic carboxylic acids is 2. The topological polar surface area (TPSA) is 159 Å². The lowest BCUT2D eigenvalue weighted by atomic mass is 10.0. The predicted molar refractivity (Wildman–Crippen MR) is 193 cm³/mol. The Bertz CT molecular complexity index is 2400. The van der Waals surface area contributed by atoms with Gasteiger partial charge in [-0.15, -0.1) is 0 Å². The molecule has 0 aliphatic carbocycles. The van der Waals surface area contributed by atoms with Crippen molar-refractivity contribution in [2.24, 2.45) is 0 Å². The van der Waals surface area contributed by atoms with Crippen LogP contribution >= 0.6 is 0 Å². The minimum absolute atomic E-state index is 0.00975. The molecule has 2 aliphatic heterocycles. The number of fused-ring (bicyclic) bond motifs is 2. The quantitative estimate of drug-likeness (QED) is 0.151. The van der Waals surface area contributed by atoms with E-state index in [1.54, 1.807) is 36.4 Å². The van der Waals surface area contributed by atoms with Crippen molar-refractivity contribution in [3.05, 3.63) is 167 Å². The smallest absolute Gasteiger partial charge is 0.335 e. The van der Waals surface area contributed by atoms with Crippen molar-refractivity contribution in [1.82, 2.24) is 0 Å². The summed E-state index contributed by atoms with van der Waals surface area (Å²) in [5, 5.41) is 18.9. The molecule has 0 aromatic heterocycles. The van der Waals surface area contributed by atoms with Crippen LogP contribution in [0.15, 0.2) is 133 Å². The molecule has 0 saturated heterocycles. The predicted octanol–water partition coefficient (Wildman–Crippen LogP) is 7.81. The van der Waals surface area contributed by atoms with Gasteiger partial charge in [0.25, 0.3) is 23.6 Å². The standard InChI is InChI=1S/C42H24N2O9/c45-37-29-15-11-25(41(49)50)19-33(29)39(47)43(37)27-13-17-35(31(21-27)23-7-3-1-4-8-23)53-36-18-14-28(22-32(36)24-9-5-2-6-10-24)44-38(46)30-16-12-26(42(51)52)20-34(30)40(44)48/h1-22H,(H,49,50)(H,51,52). The number of carboxylic acids is 2. The molecule has 2 aliphatic rings. The number of carboxylic acid groups (broad SMARTS) is 2. The molecular formula is C42H24N2O9. The highest BCUT2D eigenvalue weighted by Gasteiger charge is 2.39. The van der Waals surface area contributed by atoms with Gasteiger partial charge >= 0.3 is 11.9 Å². The molecule has 0 atom stereocenters. The Hall–Kier alpha value is -7.66. The second-order valence-corrected chi connectivity index (χ2v) is 12.2. The third-order valence-corrected chi connectivity index (χ3v) is 9.10. The maximum absolute atomic E-state index is 13.5. The molecule has 0 unspecified atom stereocenters. The van der Waals surface area contributed by atoms with E-state index in [-0.39, 0.29) is 44.8 Å². The Morgan fingerprint density at radius 3 is 1.17 bits per heavy atom. The lowest BCUT2D eigenvalue weighted by molar-refractivity contribution is 0.0686. The molecule has 0 bridgehead atoms. The molecule has 256 valence electrons. The molecule has 4 amide bonds. The second kappa shape index (κ2) is 12.6. The van der Waals surface area contributed by atoms with E-state index < -0.39 is 35.6 Å². The summed E-state index contributed by atoms with van der Waals surface area (Å²) < 4.78 is 6.59. The number of amides is 4. The highest BCUT2D eigenvalue weighted by molar-refractivity contribution is 6.35. The zero-order valence-corrected chi connectivity index (χ0v) is 27.3. The van der Waals surface area contributed by atoms with Crippen LogP contribution in [0.25, 0.3) is 22.3 Å². The van der Waals surface area contributed by atoms with Crippen LogP contribution in [0.3, 0.4) is 0 Å². The van der Waals surface area contributed by atoms with Gasteiger partial charge in [-0.2, -0.15) is 0 Å². The van der Waals surface area contributed by atoms with Crippen LogP contribution in [0.5, 0.6) is 11.5 Å². The fourth-order valence-electron chi connectivity index (χ4n) is 6.51. The number of hydrogen-bond acceptors (Lipinski definition) is 7. The van der Waals surface area contributed by atoms with Gasteiger partial charge in [0, 0.05) is 11.1 Å². The maximum atomic E-state index is 13.5. The summed E-state index contributed by atoms with van der Waals surface area (Å²) in [6.07, 6.45) is 0. The molecule has 6 aromatic carbocycles. The summed E-state index contributed by atoms with van der Waals surface area (Å²) in [4.78, 5) is 79.1. The van der Waals surface area contributed by atoms with Gasteiger partial charge in [-0.05, 0) is 83.9 Å². The van der Waals surface area contributed by atoms with Crippen LogP contribution in [0.2, 0.25) is 0 Å². The largest absolute Gasteiger partial charge is 0.478 e. The van der Waals surface area contributed by atoms with Crippen molar-refractivity contribution in [2.45, 2.75) is 0 Å². The zero-order chi connectivity index (χ0) is 37.0. The molecule has 6 aromatic rings. The van der Waals surface area contributed by atoms with Crippen LogP contribution in [0.1, 0.15) is 62.1 Å². The van der Waals surface area contributed by atoms with E-state index in [9.17, 15) is 39.0 Å². The Kier molecular flexibility index (Phi) is 7.73. The SMILES string of the molecule is O=C(O)c1ccc2c(c1)C(=O)N(c1ccc(Oc3ccc(N4C(=O)c5ccc(C(=O)O)cc5C4=O)cc3-c3ccccc3)c(-c3ccccc3)c1)C2=O. The number of ether oxygens (including phenoxy) is 1. The molecule has 8 rings (SSSR count). The van der Waals surface area contributed by atoms with Crippen molar-refractivity contribution in [1.29, 1.82) is 0 Å². The lowest BCUT2D eigenvalue weighted by Gasteiger charge is -2.20. The number of benzene rings is 6. The van der Waals surface area contributed by atoms with Crippen LogP contribution in [-0.4, -0.2) is 45.8 Å². The van der Waals surface area contributed by atoms with E-state index >= 15 is 0 Å². The maximum Gasteiger partial charge on any atom is 0.335 e. The Morgan fingerprint density at radius 1 is 0.415 bits per heavy atom. The fourth-order valence-corrected chi connectivity index (χ4v) is 6.51. The first-order chi connectivity index (χ1) is 25.6. The summed E-state index contributed by atoms with van der Waals surface area (Å²) in [5.41, 5.74) is 2.90. The van der Waals surface area contributed by atoms with E-state index in [0.717, 1.165) is 9.80 Å². The average Bonchev–Trinajstić information content (AvgIpc) is 3.58. The molecular weight excluding hydrogens is 676 g/mol. The first kappa shape index (κ1) is 32.5. The highest BCUT2D eigenvalue weighted by atomic mass is 16.5. The van der Waals surface area contributed by atoms with Gasteiger partial charge in [0.05, 0.1) is 44.8 Å². The molecule has 0 fully saturated rings. The Labute approximate surface area is 300 Å². The van der Waals surface area contributed by atoms with E-state index in [2.05, 4.69) is 0 Å². The molecule has 0 radical (unpaired) electrons. The van der Waals surface area contributed by atoms with Gasteiger partial charge in [-0.3, -0.25) is 19.2 Å². The van der Waals surface area contributed by atoms with Crippen molar-refractivity contribution in [3.63, 3.8) is 0 Å². The van der Waals surface area contributed by atoms with Gasteiger partial charge in [0.1, 0.15) is 11.5 Å². The fraction of sp³-hybridized carbons (Fsp3) is 0. The second-order valence-electron chi connectivity index (χ2n) is 12.2. The summed E-state index contributed by atoms with van der Waals surface area (Å²) in [7, 11) is 0. The minimum atomic E-state index is -1.22.